The van der Waals surface area contributed by atoms with Crippen molar-refractivity contribution in [1.82, 2.24) is 4.98 Å². The minimum absolute atomic E-state index is 0.187. The molecule has 4 N–H and O–H groups in total. The van der Waals surface area contributed by atoms with Gasteiger partial charge in [-0.1, -0.05) is 24.3 Å². The van der Waals surface area contributed by atoms with E-state index in [0.717, 1.165) is 6.26 Å². The van der Waals surface area contributed by atoms with Crippen LogP contribution in [0.5, 0.6) is 0 Å². The average molecular weight is 357 g/mol. The van der Waals surface area contributed by atoms with Gasteiger partial charge < -0.3 is 10.8 Å². The summed E-state index contributed by atoms with van der Waals surface area (Å²) >= 11 is 0. The zero-order valence-electron chi connectivity index (χ0n) is 13.2. The maximum atomic E-state index is 11.6. The van der Waals surface area contributed by atoms with E-state index in [4.69, 9.17) is 5.73 Å². The van der Waals surface area contributed by atoms with E-state index in [2.05, 4.69) is 9.71 Å². The maximum Gasteiger partial charge on any atom is 0.354 e. The second-order valence-corrected chi connectivity index (χ2v) is 7.31. The molecular formula is C17H15N3O4S. The number of hydrogen-bond donors (Lipinski definition) is 3. The Hall–Kier alpha value is -3.13. The van der Waals surface area contributed by atoms with Crippen molar-refractivity contribution in [3.05, 3.63) is 54.2 Å². The molecule has 0 fully saturated rings. The van der Waals surface area contributed by atoms with Gasteiger partial charge in [0.1, 0.15) is 5.69 Å². The standard InChI is InChI=1S/C17H15N3O4S/c1-25(23,24)20-14-7-3-6-12-13(10-4-2-5-11(18)8-10)9-15(17(21)22)19-16(12)14/h2-9,20H,18H2,1H3,(H,21,22). The first-order chi connectivity index (χ1) is 11.7. The van der Waals surface area contributed by atoms with Crippen LogP contribution in [-0.4, -0.2) is 30.7 Å². The molecule has 0 amide bonds. The van der Waals surface area contributed by atoms with Gasteiger partial charge in [-0.05, 0) is 35.4 Å². The van der Waals surface area contributed by atoms with Gasteiger partial charge in [0.25, 0.3) is 0 Å². The van der Waals surface area contributed by atoms with E-state index in [1.165, 1.54) is 12.1 Å². The van der Waals surface area contributed by atoms with Crippen LogP contribution in [0.4, 0.5) is 11.4 Å². The van der Waals surface area contributed by atoms with Crippen LogP contribution in [0, 0.1) is 0 Å². The number of anilines is 2. The first-order valence-corrected chi connectivity index (χ1v) is 9.14. The molecule has 7 nitrogen and oxygen atoms in total. The molecule has 0 atom stereocenters. The van der Waals surface area contributed by atoms with Crippen molar-refractivity contribution in [2.75, 3.05) is 16.7 Å². The smallest absolute Gasteiger partial charge is 0.354 e. The fraction of sp³-hybridized carbons (Fsp3) is 0.0588. The van der Waals surface area contributed by atoms with Crippen LogP contribution >= 0.6 is 0 Å². The summed E-state index contributed by atoms with van der Waals surface area (Å²) in [6.45, 7) is 0. The summed E-state index contributed by atoms with van der Waals surface area (Å²) < 4.78 is 25.6. The molecule has 0 saturated carbocycles. The number of carboxylic acid groups (broad SMARTS) is 1. The number of fused-ring (bicyclic) bond motifs is 1. The Bertz CT molecular complexity index is 1090. The minimum atomic E-state index is -3.54. The van der Waals surface area contributed by atoms with Gasteiger partial charge in [0.2, 0.25) is 10.0 Å². The van der Waals surface area contributed by atoms with E-state index < -0.39 is 16.0 Å². The lowest BCUT2D eigenvalue weighted by Crippen LogP contribution is -2.11. The molecule has 0 aliphatic carbocycles. The number of sulfonamides is 1. The normalized spacial score (nSPS) is 11.4. The van der Waals surface area contributed by atoms with Gasteiger partial charge in [-0.3, -0.25) is 4.72 Å². The predicted octanol–water partition coefficient (Wildman–Crippen LogP) is 2.55. The Morgan fingerprint density at radius 3 is 2.52 bits per heavy atom. The van der Waals surface area contributed by atoms with Crippen molar-refractivity contribution in [2.45, 2.75) is 0 Å². The van der Waals surface area contributed by atoms with Crippen molar-refractivity contribution in [3.63, 3.8) is 0 Å². The Morgan fingerprint density at radius 2 is 1.88 bits per heavy atom. The summed E-state index contributed by atoms with van der Waals surface area (Å²) in [7, 11) is -3.54. The molecule has 0 unspecified atom stereocenters. The van der Waals surface area contributed by atoms with Crippen LogP contribution < -0.4 is 10.5 Å². The number of rotatable bonds is 4. The van der Waals surface area contributed by atoms with E-state index in [1.54, 1.807) is 36.4 Å². The van der Waals surface area contributed by atoms with Crippen LogP contribution in [0.2, 0.25) is 0 Å². The molecule has 128 valence electrons. The zero-order valence-corrected chi connectivity index (χ0v) is 14.0. The number of hydrogen-bond acceptors (Lipinski definition) is 5. The number of aromatic nitrogens is 1. The molecular weight excluding hydrogens is 342 g/mol. The first-order valence-electron chi connectivity index (χ1n) is 7.25. The topological polar surface area (TPSA) is 122 Å². The fourth-order valence-corrected chi connectivity index (χ4v) is 3.15. The van der Waals surface area contributed by atoms with Crippen molar-refractivity contribution in [2.24, 2.45) is 0 Å². The van der Waals surface area contributed by atoms with E-state index in [-0.39, 0.29) is 16.9 Å². The number of nitrogens with one attached hydrogen (secondary N) is 1. The number of nitrogens with two attached hydrogens (primary N) is 1. The highest BCUT2D eigenvalue weighted by Crippen LogP contribution is 2.33. The Labute approximate surface area is 144 Å². The van der Waals surface area contributed by atoms with Gasteiger partial charge >= 0.3 is 5.97 Å². The number of carboxylic acids is 1. The monoisotopic (exact) mass is 357 g/mol. The van der Waals surface area contributed by atoms with E-state index in [1.807, 2.05) is 0 Å². The van der Waals surface area contributed by atoms with Gasteiger partial charge in [-0.25, -0.2) is 18.2 Å². The lowest BCUT2D eigenvalue weighted by atomic mass is 9.99. The number of nitrogens with zero attached hydrogens (tertiary/aromatic N) is 1. The number of carbonyl (C=O) groups is 1. The highest BCUT2D eigenvalue weighted by Gasteiger charge is 2.16. The van der Waals surface area contributed by atoms with Crippen LogP contribution in [0.25, 0.3) is 22.0 Å². The maximum absolute atomic E-state index is 11.6. The predicted molar refractivity (Wildman–Crippen MR) is 97.0 cm³/mol. The van der Waals surface area contributed by atoms with Crippen LogP contribution in [-0.2, 0) is 10.0 Å². The highest BCUT2D eigenvalue weighted by molar-refractivity contribution is 7.92. The summed E-state index contributed by atoms with van der Waals surface area (Å²) in [5.41, 5.74) is 7.96. The van der Waals surface area contributed by atoms with Gasteiger partial charge in [0.15, 0.2) is 0 Å². The molecule has 3 rings (SSSR count). The van der Waals surface area contributed by atoms with Crippen LogP contribution in [0.1, 0.15) is 10.5 Å². The molecule has 0 saturated heterocycles. The summed E-state index contributed by atoms with van der Waals surface area (Å²) in [6.07, 6.45) is 1.02. The summed E-state index contributed by atoms with van der Waals surface area (Å²) in [4.78, 5) is 15.6. The van der Waals surface area contributed by atoms with Gasteiger partial charge in [0, 0.05) is 11.1 Å². The quantitative estimate of drug-likeness (QED) is 0.617. The Balaban J connectivity index is 2.37. The molecule has 0 aliphatic heterocycles. The fourth-order valence-electron chi connectivity index (χ4n) is 2.59. The van der Waals surface area contributed by atoms with Gasteiger partial charge in [-0.15, -0.1) is 0 Å². The number of pyridine rings is 1. The van der Waals surface area contributed by atoms with E-state index in [0.29, 0.717) is 22.2 Å². The van der Waals surface area contributed by atoms with E-state index >= 15 is 0 Å². The molecule has 3 aromatic rings. The summed E-state index contributed by atoms with van der Waals surface area (Å²) in [5.74, 6) is -1.21. The molecule has 8 heteroatoms. The number of benzene rings is 2. The summed E-state index contributed by atoms with van der Waals surface area (Å²) in [6, 6.07) is 13.4. The minimum Gasteiger partial charge on any atom is -0.477 e. The molecule has 25 heavy (non-hydrogen) atoms. The molecule has 0 radical (unpaired) electrons. The number of para-hydroxylation sites is 1. The molecule has 0 spiro atoms. The third-order valence-electron chi connectivity index (χ3n) is 3.55. The molecule has 1 aromatic heterocycles. The number of aromatic carboxylic acids is 1. The largest absolute Gasteiger partial charge is 0.477 e. The third-order valence-corrected chi connectivity index (χ3v) is 4.14. The second-order valence-electron chi connectivity index (χ2n) is 5.56. The van der Waals surface area contributed by atoms with E-state index in [9.17, 15) is 18.3 Å². The van der Waals surface area contributed by atoms with Gasteiger partial charge in [-0.2, -0.15) is 0 Å². The summed E-state index contributed by atoms with van der Waals surface area (Å²) in [5, 5.41) is 9.98. The SMILES string of the molecule is CS(=O)(=O)Nc1cccc2c(-c3cccc(N)c3)cc(C(=O)O)nc12. The molecule has 1 heterocycles. The van der Waals surface area contributed by atoms with Crippen LogP contribution in [0.15, 0.2) is 48.5 Å². The van der Waals surface area contributed by atoms with Crippen molar-refractivity contribution < 1.29 is 18.3 Å². The van der Waals surface area contributed by atoms with Crippen molar-refractivity contribution >= 4 is 38.3 Å². The Morgan fingerprint density at radius 1 is 1.16 bits per heavy atom. The molecule has 0 bridgehead atoms. The zero-order chi connectivity index (χ0) is 18.2. The van der Waals surface area contributed by atoms with Crippen LogP contribution in [0.3, 0.4) is 0 Å². The average Bonchev–Trinajstić information content (AvgIpc) is 2.52. The van der Waals surface area contributed by atoms with Crippen molar-refractivity contribution in [3.8, 4) is 11.1 Å². The first kappa shape index (κ1) is 16.7. The van der Waals surface area contributed by atoms with Gasteiger partial charge in [0.05, 0.1) is 17.5 Å². The number of nitrogen functional groups attached to an aromatic ring is 1. The lowest BCUT2D eigenvalue weighted by Gasteiger charge is -2.12. The second kappa shape index (κ2) is 6.06. The molecule has 2 aromatic carbocycles. The highest BCUT2D eigenvalue weighted by atomic mass is 32.2. The molecule has 0 aliphatic rings. The Kier molecular flexibility index (Phi) is 4.05. The van der Waals surface area contributed by atoms with Crippen molar-refractivity contribution in [1.29, 1.82) is 0 Å². The third kappa shape index (κ3) is 3.53. The lowest BCUT2D eigenvalue weighted by molar-refractivity contribution is 0.0691.